The fraction of sp³-hybridized carbons (Fsp3) is 0.517. The number of nitrogens with zero attached hydrogens (tertiary/aromatic N) is 5. The van der Waals surface area contributed by atoms with Crippen LogP contribution in [0.3, 0.4) is 0 Å². The molecule has 2 fully saturated rings. The van der Waals surface area contributed by atoms with E-state index in [1.54, 1.807) is 0 Å². The van der Waals surface area contributed by atoms with E-state index in [1.807, 2.05) is 70.5 Å². The third kappa shape index (κ3) is 6.82. The van der Waals surface area contributed by atoms with Gasteiger partial charge < -0.3 is 9.80 Å². The van der Waals surface area contributed by atoms with E-state index >= 15 is 17.6 Å². The highest BCUT2D eigenvalue weighted by molar-refractivity contribution is 5.89. The first-order valence-electron chi connectivity index (χ1n) is 13.5. The van der Waals surface area contributed by atoms with Gasteiger partial charge in [0.25, 0.3) is 11.8 Å². The van der Waals surface area contributed by atoms with Gasteiger partial charge in [0.05, 0.1) is 0 Å². The molecule has 0 saturated carbocycles. The highest BCUT2D eigenvalue weighted by Gasteiger charge is 2.65. The fourth-order valence-electron chi connectivity index (χ4n) is 5.43. The average molecular weight is 564 g/mol. The summed E-state index contributed by atoms with van der Waals surface area (Å²) in [6.45, 7) is 2.52. The third-order valence-electron chi connectivity index (χ3n) is 7.59. The van der Waals surface area contributed by atoms with Gasteiger partial charge in [0, 0.05) is 65.4 Å². The van der Waals surface area contributed by atoms with Gasteiger partial charge in [0.2, 0.25) is 0 Å². The van der Waals surface area contributed by atoms with Crippen molar-refractivity contribution in [3.8, 4) is 0 Å². The van der Waals surface area contributed by atoms with Crippen molar-refractivity contribution >= 4 is 11.8 Å². The fourth-order valence-corrected chi connectivity index (χ4v) is 5.43. The summed E-state index contributed by atoms with van der Waals surface area (Å²) >= 11 is 0. The summed E-state index contributed by atoms with van der Waals surface area (Å²) in [5.74, 6) is -12.3. The second-order valence-electron chi connectivity index (χ2n) is 10.7. The lowest BCUT2D eigenvalue weighted by atomic mass is 9.98. The number of amides is 2. The molecule has 7 nitrogen and oxygen atoms in total. The van der Waals surface area contributed by atoms with Gasteiger partial charge in [-0.25, -0.2) is 0 Å². The lowest BCUT2D eigenvalue weighted by molar-refractivity contribution is -0.206. The lowest BCUT2D eigenvalue weighted by Gasteiger charge is -2.42. The zero-order valence-electron chi connectivity index (χ0n) is 23.0. The molecule has 0 atom stereocenters. The number of carbonyl (C=O) groups is 2. The molecule has 218 valence electrons. The number of rotatable bonds is 9. The molecule has 0 spiro atoms. The van der Waals surface area contributed by atoms with Crippen molar-refractivity contribution in [1.82, 2.24) is 24.5 Å². The Kier molecular flexibility index (Phi) is 9.48. The minimum atomic E-state index is -4.47. The summed E-state index contributed by atoms with van der Waals surface area (Å²) in [5, 5.41) is 0. The van der Waals surface area contributed by atoms with Gasteiger partial charge >= 0.3 is 11.8 Å². The molecular formula is C29H37F4N5O2. The lowest BCUT2D eigenvalue weighted by Crippen LogP contribution is -2.67. The predicted molar refractivity (Wildman–Crippen MR) is 144 cm³/mol. The molecule has 2 heterocycles. The SMILES string of the molecule is CN(C)C(C(F)(F)C(=O)N1CCN(Cc2ccccc2)CC1)C(F)(F)C(=O)N1CCN(Cc2ccccc2)CC1. The van der Waals surface area contributed by atoms with Crippen molar-refractivity contribution in [1.29, 1.82) is 0 Å². The van der Waals surface area contributed by atoms with E-state index in [0.29, 0.717) is 44.2 Å². The summed E-state index contributed by atoms with van der Waals surface area (Å²) < 4.78 is 62.3. The molecular weight excluding hydrogens is 526 g/mol. The Labute approximate surface area is 232 Å². The number of benzene rings is 2. The van der Waals surface area contributed by atoms with Crippen LogP contribution in [0.25, 0.3) is 0 Å². The number of hydrogen-bond acceptors (Lipinski definition) is 5. The van der Waals surface area contributed by atoms with Crippen molar-refractivity contribution in [3.63, 3.8) is 0 Å². The Balaban J connectivity index is 1.37. The van der Waals surface area contributed by atoms with Gasteiger partial charge in [-0.05, 0) is 25.2 Å². The van der Waals surface area contributed by atoms with Crippen molar-refractivity contribution in [2.45, 2.75) is 31.0 Å². The molecule has 0 aliphatic carbocycles. The Bertz CT molecular complexity index is 1030. The topological polar surface area (TPSA) is 50.3 Å². The van der Waals surface area contributed by atoms with Crippen LogP contribution >= 0.6 is 0 Å². The molecule has 4 rings (SSSR count). The van der Waals surface area contributed by atoms with Gasteiger partial charge in [0.1, 0.15) is 0 Å². The van der Waals surface area contributed by atoms with E-state index in [-0.39, 0.29) is 26.2 Å². The number of hydrogen-bond donors (Lipinski definition) is 0. The molecule has 2 aliphatic rings. The monoisotopic (exact) mass is 563 g/mol. The smallest absolute Gasteiger partial charge is 0.335 e. The molecule has 2 saturated heterocycles. The van der Waals surface area contributed by atoms with E-state index in [1.165, 1.54) is 0 Å². The normalized spacial score (nSPS) is 18.0. The van der Waals surface area contributed by atoms with Crippen LogP contribution in [0.5, 0.6) is 0 Å². The van der Waals surface area contributed by atoms with E-state index in [4.69, 9.17) is 0 Å². The molecule has 0 bridgehead atoms. The molecule has 2 aromatic carbocycles. The van der Waals surface area contributed by atoms with Crippen molar-refractivity contribution in [3.05, 3.63) is 71.8 Å². The third-order valence-corrected chi connectivity index (χ3v) is 7.59. The summed E-state index contributed by atoms with van der Waals surface area (Å²) in [5.41, 5.74) is 2.11. The van der Waals surface area contributed by atoms with E-state index < -0.39 is 29.7 Å². The minimum absolute atomic E-state index is 0.00963. The van der Waals surface area contributed by atoms with Gasteiger partial charge in [-0.3, -0.25) is 24.3 Å². The van der Waals surface area contributed by atoms with Crippen molar-refractivity contribution in [2.24, 2.45) is 0 Å². The van der Waals surface area contributed by atoms with E-state index in [0.717, 1.165) is 35.0 Å². The van der Waals surface area contributed by atoms with Crippen LogP contribution in [0.4, 0.5) is 17.6 Å². The molecule has 0 radical (unpaired) electrons. The average Bonchev–Trinajstić information content (AvgIpc) is 2.93. The van der Waals surface area contributed by atoms with Crippen LogP contribution in [0.1, 0.15) is 11.1 Å². The maximum atomic E-state index is 15.6. The van der Waals surface area contributed by atoms with Crippen LogP contribution < -0.4 is 0 Å². The Morgan fingerprint density at radius 2 is 0.975 bits per heavy atom. The van der Waals surface area contributed by atoms with Gasteiger partial charge in [-0.1, -0.05) is 60.7 Å². The molecule has 0 unspecified atom stereocenters. The van der Waals surface area contributed by atoms with Gasteiger partial charge in [-0.2, -0.15) is 17.6 Å². The molecule has 40 heavy (non-hydrogen) atoms. The van der Waals surface area contributed by atoms with Crippen LogP contribution in [-0.2, 0) is 22.7 Å². The molecule has 0 N–H and O–H groups in total. The first kappa shape index (κ1) is 30.0. The maximum absolute atomic E-state index is 15.6. The van der Waals surface area contributed by atoms with E-state index in [9.17, 15) is 9.59 Å². The summed E-state index contributed by atoms with van der Waals surface area (Å²) in [6.07, 6.45) is 0. The van der Waals surface area contributed by atoms with Gasteiger partial charge in [-0.15, -0.1) is 0 Å². The molecule has 2 aliphatic heterocycles. The molecule has 11 heteroatoms. The first-order chi connectivity index (χ1) is 19.0. The number of piperazine rings is 2. The standard InChI is InChI=1S/C29H37F4N5O2/c1-34(2)25(28(30,31)26(39)37-17-13-35(14-18-37)21-23-9-5-3-6-10-23)29(32,33)27(40)38-19-15-36(16-20-38)22-24-11-7-4-8-12-24/h3-12,25H,13-22H2,1-2H3. The van der Waals surface area contributed by atoms with Crippen LogP contribution in [0.2, 0.25) is 0 Å². The van der Waals surface area contributed by atoms with Crippen LogP contribution in [0.15, 0.2) is 60.7 Å². The summed E-state index contributed by atoms with van der Waals surface area (Å²) in [7, 11) is 2.09. The number of halogens is 4. The predicted octanol–water partition coefficient (Wildman–Crippen LogP) is 2.88. The Morgan fingerprint density at radius 3 is 1.27 bits per heavy atom. The quantitative estimate of drug-likeness (QED) is 0.440. The maximum Gasteiger partial charge on any atom is 0.346 e. The second kappa shape index (κ2) is 12.7. The highest BCUT2D eigenvalue weighted by Crippen LogP contribution is 2.37. The molecule has 0 aromatic heterocycles. The molecule has 2 amide bonds. The van der Waals surface area contributed by atoms with E-state index in [2.05, 4.69) is 0 Å². The summed E-state index contributed by atoms with van der Waals surface area (Å²) in [6, 6.07) is 16.3. The second-order valence-corrected chi connectivity index (χ2v) is 10.7. The Morgan fingerprint density at radius 1 is 0.650 bits per heavy atom. The summed E-state index contributed by atoms with van der Waals surface area (Å²) in [4.78, 5) is 32.4. The van der Waals surface area contributed by atoms with Gasteiger partial charge in [0.15, 0.2) is 6.04 Å². The largest absolute Gasteiger partial charge is 0.346 e. The molecule has 2 aromatic rings. The number of carbonyl (C=O) groups excluding carboxylic acids is 2. The van der Waals surface area contributed by atoms with Crippen molar-refractivity contribution < 1.29 is 27.2 Å². The first-order valence-corrected chi connectivity index (χ1v) is 13.5. The number of alkyl halides is 4. The van der Waals surface area contributed by atoms with Crippen LogP contribution in [0, 0.1) is 0 Å². The zero-order valence-corrected chi connectivity index (χ0v) is 23.0. The Hall–Kier alpha value is -3.02. The van der Waals surface area contributed by atoms with Crippen molar-refractivity contribution in [2.75, 3.05) is 66.5 Å². The van der Waals surface area contributed by atoms with Crippen LogP contribution in [-0.4, -0.2) is 121 Å². The zero-order chi connectivity index (χ0) is 28.9. The minimum Gasteiger partial charge on any atom is -0.335 e. The highest BCUT2D eigenvalue weighted by atomic mass is 19.3.